The molecule has 0 aliphatic carbocycles. The number of piperazine rings is 1. The number of amides is 3. The van der Waals surface area contributed by atoms with Crippen molar-refractivity contribution < 1.29 is 24.3 Å². The van der Waals surface area contributed by atoms with Gasteiger partial charge in [0.1, 0.15) is 12.1 Å². The molecule has 0 radical (unpaired) electrons. The first kappa shape index (κ1) is 22.3. The highest BCUT2D eigenvalue weighted by atomic mass is 16.4. The van der Waals surface area contributed by atoms with E-state index < -0.39 is 35.9 Å². The number of fused-ring (bicyclic) bond motifs is 1. The Hall–Kier alpha value is -3.94. The van der Waals surface area contributed by atoms with Gasteiger partial charge in [0.15, 0.2) is 0 Å². The summed E-state index contributed by atoms with van der Waals surface area (Å²) in [7, 11) is 0. The molecule has 1 saturated heterocycles. The van der Waals surface area contributed by atoms with Crippen molar-refractivity contribution in [2.45, 2.75) is 31.0 Å². The number of aliphatic carboxylic acids is 1. The Morgan fingerprint density at radius 1 is 0.848 bits per heavy atom. The molecule has 0 unspecified atom stereocenters. The second-order valence-corrected chi connectivity index (χ2v) is 8.16. The van der Waals surface area contributed by atoms with Gasteiger partial charge in [-0.3, -0.25) is 14.4 Å². The van der Waals surface area contributed by atoms with Crippen molar-refractivity contribution >= 4 is 23.7 Å². The van der Waals surface area contributed by atoms with Crippen LogP contribution in [0.5, 0.6) is 0 Å². The van der Waals surface area contributed by atoms with Crippen LogP contribution in [0.15, 0.2) is 72.8 Å². The van der Waals surface area contributed by atoms with Gasteiger partial charge in [-0.25, -0.2) is 4.79 Å². The average molecular weight is 447 g/mol. The van der Waals surface area contributed by atoms with Gasteiger partial charge in [-0.2, -0.15) is 0 Å². The summed E-state index contributed by atoms with van der Waals surface area (Å²) in [6.07, 6.45) is 4.38. The van der Waals surface area contributed by atoms with Crippen molar-refractivity contribution in [3.8, 4) is 0 Å². The van der Waals surface area contributed by atoms with Crippen molar-refractivity contribution in [1.82, 2.24) is 15.1 Å². The third-order valence-electron chi connectivity index (χ3n) is 5.99. The first-order chi connectivity index (χ1) is 16.0. The van der Waals surface area contributed by atoms with E-state index in [1.807, 2.05) is 12.2 Å². The van der Waals surface area contributed by atoms with E-state index in [1.54, 1.807) is 60.7 Å². The Morgan fingerprint density at radius 3 is 2.09 bits per heavy atom. The smallest absolute Gasteiger partial charge is 0.328 e. The number of hydrogen-bond acceptors (Lipinski definition) is 4. The molecule has 0 aromatic heterocycles. The Labute approximate surface area is 191 Å². The monoisotopic (exact) mass is 447 g/mol. The topological polar surface area (TPSA) is 107 Å². The predicted molar refractivity (Wildman–Crippen MR) is 120 cm³/mol. The third kappa shape index (κ3) is 4.79. The molecular weight excluding hydrogens is 422 g/mol. The Morgan fingerprint density at radius 2 is 1.45 bits per heavy atom. The number of hydrogen-bond donors (Lipinski definition) is 2. The number of benzene rings is 2. The third-order valence-corrected chi connectivity index (χ3v) is 5.99. The fourth-order valence-electron chi connectivity index (χ4n) is 4.33. The molecule has 2 aromatic rings. The largest absolute Gasteiger partial charge is 0.480 e. The zero-order valence-electron chi connectivity index (χ0n) is 18.0. The molecule has 8 nitrogen and oxygen atoms in total. The molecule has 2 heterocycles. The van der Waals surface area contributed by atoms with Crippen LogP contribution in [-0.2, 0) is 9.59 Å². The molecule has 2 N–H and O–H groups in total. The van der Waals surface area contributed by atoms with E-state index in [-0.39, 0.29) is 25.4 Å². The molecular formula is C25H25N3O5. The fraction of sp³-hybridized carbons (Fsp3) is 0.280. The summed E-state index contributed by atoms with van der Waals surface area (Å²) in [6.45, 7) is 0.0985. The first-order valence-corrected chi connectivity index (χ1v) is 10.9. The number of nitrogens with one attached hydrogen (secondary N) is 1. The van der Waals surface area contributed by atoms with Gasteiger partial charge in [0.05, 0.1) is 12.6 Å². The fourth-order valence-corrected chi connectivity index (χ4v) is 4.33. The van der Waals surface area contributed by atoms with E-state index in [4.69, 9.17) is 0 Å². The summed E-state index contributed by atoms with van der Waals surface area (Å²) in [5.74, 6) is -2.30. The zero-order valence-corrected chi connectivity index (χ0v) is 18.0. The van der Waals surface area contributed by atoms with Crippen LogP contribution < -0.4 is 5.32 Å². The van der Waals surface area contributed by atoms with Crippen LogP contribution in [0.25, 0.3) is 0 Å². The summed E-state index contributed by atoms with van der Waals surface area (Å²) in [4.78, 5) is 54.1. The lowest BCUT2D eigenvalue weighted by atomic mass is 9.96. The highest BCUT2D eigenvalue weighted by Gasteiger charge is 2.44. The van der Waals surface area contributed by atoms with Crippen molar-refractivity contribution in [2.75, 3.05) is 13.1 Å². The predicted octanol–water partition coefficient (Wildman–Crippen LogP) is 1.94. The van der Waals surface area contributed by atoms with Gasteiger partial charge in [-0.05, 0) is 37.1 Å². The molecule has 3 atom stereocenters. The van der Waals surface area contributed by atoms with Crippen LogP contribution in [0.4, 0.5) is 0 Å². The minimum atomic E-state index is -1.20. The Kier molecular flexibility index (Phi) is 6.53. The van der Waals surface area contributed by atoms with E-state index in [9.17, 15) is 24.3 Å². The minimum Gasteiger partial charge on any atom is -0.480 e. The van der Waals surface area contributed by atoms with Crippen LogP contribution in [0.2, 0.25) is 0 Å². The highest BCUT2D eigenvalue weighted by molar-refractivity contribution is 5.99. The number of nitrogens with zero attached hydrogens (tertiary/aromatic N) is 2. The van der Waals surface area contributed by atoms with Crippen LogP contribution in [0, 0.1) is 0 Å². The van der Waals surface area contributed by atoms with Gasteiger partial charge in [0, 0.05) is 17.7 Å². The summed E-state index contributed by atoms with van der Waals surface area (Å²) in [5, 5.41) is 12.7. The SMILES string of the molecule is O=C(N[C@H]1CC=CC[C@H]2CN(C(=O)c3ccccc3)C[C@@H](C(=O)O)N2C1=O)c1ccccc1. The molecule has 8 heteroatoms. The van der Waals surface area contributed by atoms with Crippen molar-refractivity contribution in [2.24, 2.45) is 0 Å². The highest BCUT2D eigenvalue weighted by Crippen LogP contribution is 2.24. The molecule has 2 aromatic carbocycles. The maximum absolute atomic E-state index is 13.5. The summed E-state index contributed by atoms with van der Waals surface area (Å²) >= 11 is 0. The average Bonchev–Trinajstić information content (AvgIpc) is 2.84. The summed E-state index contributed by atoms with van der Waals surface area (Å²) < 4.78 is 0. The number of carbonyl (C=O) groups excluding carboxylic acids is 3. The van der Waals surface area contributed by atoms with Crippen molar-refractivity contribution in [3.05, 3.63) is 83.9 Å². The molecule has 33 heavy (non-hydrogen) atoms. The number of rotatable bonds is 4. The Balaban J connectivity index is 1.58. The summed E-state index contributed by atoms with van der Waals surface area (Å²) in [5.41, 5.74) is 0.886. The number of carboxylic acids is 1. The maximum atomic E-state index is 13.5. The zero-order chi connectivity index (χ0) is 23.4. The second-order valence-electron chi connectivity index (χ2n) is 8.16. The molecule has 170 valence electrons. The summed E-state index contributed by atoms with van der Waals surface area (Å²) in [6, 6.07) is 14.6. The molecule has 0 spiro atoms. The number of carboxylic acid groups (broad SMARTS) is 1. The van der Waals surface area contributed by atoms with Gasteiger partial charge >= 0.3 is 5.97 Å². The number of carbonyl (C=O) groups is 4. The van der Waals surface area contributed by atoms with Crippen molar-refractivity contribution in [1.29, 1.82) is 0 Å². The molecule has 2 aliphatic heterocycles. The van der Waals surface area contributed by atoms with E-state index >= 15 is 0 Å². The molecule has 3 amide bonds. The van der Waals surface area contributed by atoms with E-state index in [2.05, 4.69) is 5.32 Å². The lowest BCUT2D eigenvalue weighted by Gasteiger charge is -2.46. The molecule has 4 rings (SSSR count). The molecule has 0 saturated carbocycles. The van der Waals surface area contributed by atoms with Crippen LogP contribution in [0.1, 0.15) is 33.6 Å². The standard InChI is InChI=1S/C25H25N3O5/c29-22(17-9-3-1-4-10-17)26-20-14-8-7-13-19-15-27(23(30)18-11-5-2-6-12-18)16-21(25(32)33)28(19)24(20)31/h1-12,19-21H,13-16H2,(H,26,29)(H,32,33)/t19-,20-,21-/m0/s1. The van der Waals surface area contributed by atoms with E-state index in [1.165, 1.54) is 9.80 Å². The van der Waals surface area contributed by atoms with Crippen LogP contribution in [-0.4, -0.2) is 69.8 Å². The lowest BCUT2D eigenvalue weighted by molar-refractivity contribution is -0.157. The van der Waals surface area contributed by atoms with Gasteiger partial charge in [-0.1, -0.05) is 48.6 Å². The van der Waals surface area contributed by atoms with Gasteiger partial charge in [-0.15, -0.1) is 0 Å². The lowest BCUT2D eigenvalue weighted by Crippen LogP contribution is -2.66. The molecule has 1 fully saturated rings. The van der Waals surface area contributed by atoms with Crippen LogP contribution >= 0.6 is 0 Å². The normalized spacial score (nSPS) is 22.7. The van der Waals surface area contributed by atoms with Gasteiger partial charge < -0.3 is 20.2 Å². The van der Waals surface area contributed by atoms with E-state index in [0.29, 0.717) is 17.5 Å². The molecule has 0 bridgehead atoms. The molecule has 2 aliphatic rings. The van der Waals surface area contributed by atoms with Crippen molar-refractivity contribution in [3.63, 3.8) is 0 Å². The Bertz CT molecular complexity index is 1070. The van der Waals surface area contributed by atoms with E-state index in [0.717, 1.165) is 0 Å². The minimum absolute atomic E-state index is 0.117. The van der Waals surface area contributed by atoms with Crippen LogP contribution in [0.3, 0.4) is 0 Å². The maximum Gasteiger partial charge on any atom is 0.328 e. The first-order valence-electron chi connectivity index (χ1n) is 10.9. The van der Waals surface area contributed by atoms with Gasteiger partial charge in [0.2, 0.25) is 5.91 Å². The quantitative estimate of drug-likeness (QED) is 0.697. The second kappa shape index (κ2) is 9.68. The van der Waals surface area contributed by atoms with Gasteiger partial charge in [0.25, 0.3) is 11.8 Å².